The SMILES string of the molecule is CCC(C(=O)NC1CCCCC1)N(Cc1ccccc1C)C(=O)CN(c1c(C)cccc1C)S(C)(=O)=O. The van der Waals surface area contributed by atoms with Gasteiger partial charge in [0.1, 0.15) is 12.6 Å². The third-order valence-corrected chi connectivity index (χ3v) is 8.42. The van der Waals surface area contributed by atoms with Crippen molar-refractivity contribution in [2.75, 3.05) is 17.1 Å². The van der Waals surface area contributed by atoms with Crippen LogP contribution in [0.4, 0.5) is 5.69 Å². The standard InChI is InChI=1S/C29H41N3O4S/c1-6-26(29(34)30-25-17-8-7-9-18-25)31(19-24-16-11-10-13-21(24)2)27(33)20-32(37(5,35)36)28-22(3)14-12-15-23(28)4/h10-16,25-26H,6-9,17-20H2,1-5H3,(H,30,34). The van der Waals surface area contributed by atoms with Crippen LogP contribution < -0.4 is 9.62 Å². The van der Waals surface area contributed by atoms with Crippen molar-refractivity contribution >= 4 is 27.5 Å². The topological polar surface area (TPSA) is 86.8 Å². The van der Waals surface area contributed by atoms with Gasteiger partial charge in [0.05, 0.1) is 11.9 Å². The summed E-state index contributed by atoms with van der Waals surface area (Å²) in [6.07, 6.45) is 6.80. The molecule has 3 rings (SSSR count). The first-order valence-corrected chi connectivity index (χ1v) is 15.1. The lowest BCUT2D eigenvalue weighted by atomic mass is 9.95. The number of benzene rings is 2. The van der Waals surface area contributed by atoms with Gasteiger partial charge < -0.3 is 10.2 Å². The highest BCUT2D eigenvalue weighted by Crippen LogP contribution is 2.27. The van der Waals surface area contributed by atoms with E-state index in [9.17, 15) is 18.0 Å². The predicted molar refractivity (Wildman–Crippen MR) is 149 cm³/mol. The number of hydrogen-bond donors (Lipinski definition) is 1. The van der Waals surface area contributed by atoms with E-state index in [1.165, 1.54) is 10.7 Å². The summed E-state index contributed by atoms with van der Waals surface area (Å²) < 4.78 is 27.0. The minimum atomic E-state index is -3.76. The molecule has 1 fully saturated rings. The number of anilines is 1. The number of nitrogens with one attached hydrogen (secondary N) is 1. The Kier molecular flexibility index (Phi) is 9.76. The molecule has 0 aliphatic heterocycles. The van der Waals surface area contributed by atoms with E-state index in [2.05, 4.69) is 5.32 Å². The molecule has 1 unspecified atom stereocenters. The molecule has 0 saturated heterocycles. The van der Waals surface area contributed by atoms with Crippen molar-refractivity contribution in [3.63, 3.8) is 0 Å². The predicted octanol–water partition coefficient (Wildman–Crippen LogP) is 4.63. The zero-order valence-corrected chi connectivity index (χ0v) is 23.6. The molecule has 1 saturated carbocycles. The van der Waals surface area contributed by atoms with Crippen LogP contribution in [0.5, 0.6) is 0 Å². The quantitative estimate of drug-likeness (QED) is 0.488. The number of carbonyl (C=O) groups excluding carboxylic acids is 2. The van der Waals surface area contributed by atoms with Crippen molar-refractivity contribution in [2.24, 2.45) is 0 Å². The number of para-hydroxylation sites is 1. The van der Waals surface area contributed by atoms with Gasteiger partial charge in [-0.3, -0.25) is 13.9 Å². The smallest absolute Gasteiger partial charge is 0.244 e. The Morgan fingerprint density at radius 1 is 0.946 bits per heavy atom. The van der Waals surface area contributed by atoms with Gasteiger partial charge in [0, 0.05) is 12.6 Å². The zero-order valence-electron chi connectivity index (χ0n) is 22.8. The number of sulfonamides is 1. The fourth-order valence-corrected chi connectivity index (χ4v) is 6.17. The third-order valence-electron chi connectivity index (χ3n) is 7.31. The summed E-state index contributed by atoms with van der Waals surface area (Å²) >= 11 is 0. The summed E-state index contributed by atoms with van der Waals surface area (Å²) in [5.41, 5.74) is 3.99. The number of nitrogens with zero attached hydrogens (tertiary/aromatic N) is 2. The minimum absolute atomic E-state index is 0.118. The van der Waals surface area contributed by atoms with E-state index in [0.717, 1.165) is 54.2 Å². The van der Waals surface area contributed by atoms with Crippen molar-refractivity contribution in [3.05, 3.63) is 64.7 Å². The minimum Gasteiger partial charge on any atom is -0.352 e. The van der Waals surface area contributed by atoms with Gasteiger partial charge >= 0.3 is 0 Å². The van der Waals surface area contributed by atoms with Crippen LogP contribution in [0.15, 0.2) is 42.5 Å². The second-order valence-electron chi connectivity index (χ2n) is 10.2. The van der Waals surface area contributed by atoms with Crippen molar-refractivity contribution < 1.29 is 18.0 Å². The molecule has 202 valence electrons. The lowest BCUT2D eigenvalue weighted by molar-refractivity contribution is -0.140. The molecule has 1 aliphatic carbocycles. The fourth-order valence-electron chi connectivity index (χ4n) is 5.21. The second kappa shape index (κ2) is 12.6. The number of amides is 2. The molecule has 0 heterocycles. The van der Waals surface area contributed by atoms with E-state index in [1.807, 2.05) is 70.2 Å². The van der Waals surface area contributed by atoms with Gasteiger partial charge in [0.15, 0.2) is 0 Å². The first kappa shape index (κ1) is 28.7. The maximum Gasteiger partial charge on any atom is 0.244 e. The fraction of sp³-hybridized carbons (Fsp3) is 0.517. The van der Waals surface area contributed by atoms with E-state index >= 15 is 0 Å². The highest BCUT2D eigenvalue weighted by atomic mass is 32.2. The summed E-state index contributed by atoms with van der Waals surface area (Å²) in [6, 6.07) is 12.7. The largest absolute Gasteiger partial charge is 0.352 e. The van der Waals surface area contributed by atoms with Crippen molar-refractivity contribution in [3.8, 4) is 0 Å². The molecule has 1 atom stereocenters. The highest BCUT2D eigenvalue weighted by molar-refractivity contribution is 7.92. The number of rotatable bonds is 10. The summed E-state index contributed by atoms with van der Waals surface area (Å²) in [5, 5.41) is 3.17. The van der Waals surface area contributed by atoms with Gasteiger partial charge in [0.25, 0.3) is 0 Å². The molecule has 7 nitrogen and oxygen atoms in total. The van der Waals surface area contributed by atoms with Gasteiger partial charge in [-0.05, 0) is 62.3 Å². The van der Waals surface area contributed by atoms with E-state index < -0.39 is 22.0 Å². The molecular formula is C29H41N3O4S. The number of aryl methyl sites for hydroxylation is 3. The molecule has 0 spiro atoms. The summed E-state index contributed by atoms with van der Waals surface area (Å²) in [4.78, 5) is 29.0. The van der Waals surface area contributed by atoms with Crippen LogP contribution >= 0.6 is 0 Å². The van der Waals surface area contributed by atoms with Crippen molar-refractivity contribution in [1.29, 1.82) is 0 Å². The molecule has 2 amide bonds. The van der Waals surface area contributed by atoms with E-state index in [4.69, 9.17) is 0 Å². The normalized spacial score (nSPS) is 15.2. The molecule has 0 radical (unpaired) electrons. The monoisotopic (exact) mass is 527 g/mol. The van der Waals surface area contributed by atoms with E-state index in [0.29, 0.717) is 12.1 Å². The lowest BCUT2D eigenvalue weighted by Crippen LogP contribution is -2.54. The first-order chi connectivity index (χ1) is 17.5. The molecule has 1 aliphatic rings. The Labute approximate surface area is 222 Å². The maximum absolute atomic E-state index is 13.9. The second-order valence-corrected chi connectivity index (χ2v) is 12.1. The van der Waals surface area contributed by atoms with Crippen LogP contribution in [0.25, 0.3) is 0 Å². The Morgan fingerprint density at radius 3 is 2.11 bits per heavy atom. The van der Waals surface area contributed by atoms with Crippen molar-refractivity contribution in [1.82, 2.24) is 10.2 Å². The average molecular weight is 528 g/mol. The van der Waals surface area contributed by atoms with Crippen LogP contribution in [0, 0.1) is 20.8 Å². The summed E-state index contributed by atoms with van der Waals surface area (Å²) in [5.74, 6) is -0.573. The summed E-state index contributed by atoms with van der Waals surface area (Å²) in [7, 11) is -3.76. The summed E-state index contributed by atoms with van der Waals surface area (Å²) in [6.45, 7) is 7.39. The van der Waals surface area contributed by atoms with Crippen LogP contribution in [0.1, 0.15) is 67.7 Å². The van der Waals surface area contributed by atoms with Crippen molar-refractivity contribution in [2.45, 2.75) is 84.8 Å². The Bertz CT molecular complexity index is 1190. The Hall–Kier alpha value is -2.87. The molecule has 8 heteroatoms. The highest BCUT2D eigenvalue weighted by Gasteiger charge is 2.33. The van der Waals surface area contributed by atoms with Gasteiger partial charge in [-0.1, -0.05) is 68.7 Å². The molecule has 37 heavy (non-hydrogen) atoms. The molecule has 0 aromatic heterocycles. The van der Waals surface area contributed by atoms with Gasteiger partial charge in [-0.25, -0.2) is 8.42 Å². The molecule has 2 aromatic carbocycles. The Balaban J connectivity index is 1.96. The van der Waals surface area contributed by atoms with Gasteiger partial charge in [-0.2, -0.15) is 0 Å². The van der Waals surface area contributed by atoms with E-state index in [1.54, 1.807) is 4.90 Å². The number of hydrogen-bond acceptors (Lipinski definition) is 4. The van der Waals surface area contributed by atoms with Crippen LogP contribution in [-0.4, -0.2) is 50.0 Å². The lowest BCUT2D eigenvalue weighted by Gasteiger charge is -2.35. The molecule has 2 aromatic rings. The van der Waals surface area contributed by atoms with Crippen LogP contribution in [-0.2, 0) is 26.2 Å². The van der Waals surface area contributed by atoms with Gasteiger partial charge in [0.2, 0.25) is 21.8 Å². The molecule has 0 bridgehead atoms. The van der Waals surface area contributed by atoms with Gasteiger partial charge in [-0.15, -0.1) is 0 Å². The molecular weight excluding hydrogens is 486 g/mol. The van der Waals surface area contributed by atoms with Crippen LogP contribution in [0.3, 0.4) is 0 Å². The van der Waals surface area contributed by atoms with E-state index in [-0.39, 0.29) is 25.0 Å². The Morgan fingerprint density at radius 2 is 1.54 bits per heavy atom. The number of carbonyl (C=O) groups is 2. The average Bonchev–Trinajstić information content (AvgIpc) is 2.84. The maximum atomic E-state index is 13.9. The third kappa shape index (κ3) is 7.34. The zero-order chi connectivity index (χ0) is 27.2. The molecule has 1 N–H and O–H groups in total. The first-order valence-electron chi connectivity index (χ1n) is 13.2. The van der Waals surface area contributed by atoms with Crippen LogP contribution in [0.2, 0.25) is 0 Å².